The van der Waals surface area contributed by atoms with Crippen LogP contribution in [0.4, 0.5) is 5.69 Å². The van der Waals surface area contributed by atoms with Gasteiger partial charge in [0.2, 0.25) is 5.91 Å². The van der Waals surface area contributed by atoms with Crippen LogP contribution in [0.3, 0.4) is 0 Å². The summed E-state index contributed by atoms with van der Waals surface area (Å²) in [5, 5.41) is 5.73. The van der Waals surface area contributed by atoms with Crippen molar-refractivity contribution in [3.8, 4) is 16.9 Å². The van der Waals surface area contributed by atoms with Crippen LogP contribution in [0.2, 0.25) is 5.02 Å². The van der Waals surface area contributed by atoms with Gasteiger partial charge in [-0.15, -0.1) is 0 Å². The van der Waals surface area contributed by atoms with E-state index in [1.165, 1.54) is 0 Å². The maximum absolute atomic E-state index is 13.5. The number of pyridine rings is 1. The molecule has 8 heteroatoms. The van der Waals surface area contributed by atoms with Crippen molar-refractivity contribution in [2.45, 2.75) is 19.3 Å². The monoisotopic (exact) mass is 554 g/mol. The Balaban J connectivity index is 1.23. The first kappa shape index (κ1) is 26.0. The normalized spacial score (nSPS) is 15.4. The zero-order chi connectivity index (χ0) is 27.6. The molecule has 3 heterocycles. The average Bonchev–Trinajstić information content (AvgIpc) is 3.39. The Kier molecular flexibility index (Phi) is 7.22. The van der Waals surface area contributed by atoms with E-state index in [0.717, 1.165) is 57.1 Å². The second kappa shape index (κ2) is 11.1. The summed E-state index contributed by atoms with van der Waals surface area (Å²) in [6.07, 6.45) is 4.30. The molecule has 1 atom stereocenters. The Bertz CT molecular complexity index is 1740. The van der Waals surface area contributed by atoms with E-state index >= 15 is 0 Å². The van der Waals surface area contributed by atoms with Gasteiger partial charge in [-0.05, 0) is 66.8 Å². The average molecular weight is 555 g/mol. The number of rotatable bonds is 7. The quantitative estimate of drug-likeness (QED) is 0.233. The number of anilines is 1. The van der Waals surface area contributed by atoms with Crippen molar-refractivity contribution in [2.75, 3.05) is 31.6 Å². The standard InChI is InChI=1S/C32H31ClN4O3/c1-40-24-10-12-27-25(17-24)21(18-35-27)13-14-34-31(38)22-8-5-15-37(19-22)30-29(20-6-3-2-4-7-20)26-16-23(33)9-11-28(26)36-32(30)39/h2-4,6-7,9-12,16-18,22,35H,5,8,13-15,19H2,1H3,(H,34,38)(H,36,39)/t22-/m0/s1. The van der Waals surface area contributed by atoms with E-state index in [-0.39, 0.29) is 17.4 Å². The Hall–Kier alpha value is -4.23. The van der Waals surface area contributed by atoms with Gasteiger partial charge in [0.15, 0.2) is 0 Å². The van der Waals surface area contributed by atoms with Gasteiger partial charge in [0.05, 0.1) is 13.0 Å². The van der Waals surface area contributed by atoms with Gasteiger partial charge in [-0.2, -0.15) is 0 Å². The Morgan fingerprint density at radius 3 is 2.73 bits per heavy atom. The molecule has 0 unspecified atom stereocenters. The molecule has 5 aromatic rings. The SMILES string of the molecule is COc1ccc2[nH]cc(CCNC(=O)[C@H]3CCCN(c4c(-c5ccccc5)c5cc(Cl)ccc5[nH]c4=O)C3)c2c1. The third-order valence-electron chi connectivity index (χ3n) is 7.79. The van der Waals surface area contributed by atoms with Crippen LogP contribution < -0.4 is 20.5 Å². The third kappa shape index (κ3) is 5.05. The third-order valence-corrected chi connectivity index (χ3v) is 8.03. The number of amides is 1. The highest BCUT2D eigenvalue weighted by Gasteiger charge is 2.29. The molecule has 2 aromatic heterocycles. The molecule has 0 bridgehead atoms. The van der Waals surface area contributed by atoms with Gasteiger partial charge >= 0.3 is 0 Å². The summed E-state index contributed by atoms with van der Waals surface area (Å²) in [6, 6.07) is 21.4. The molecule has 3 aromatic carbocycles. The summed E-state index contributed by atoms with van der Waals surface area (Å²) < 4.78 is 5.37. The number of benzene rings is 3. The number of hydrogen-bond donors (Lipinski definition) is 3. The van der Waals surface area contributed by atoms with E-state index in [0.29, 0.717) is 36.8 Å². The summed E-state index contributed by atoms with van der Waals surface area (Å²) in [5.41, 5.74) is 5.12. The lowest BCUT2D eigenvalue weighted by Crippen LogP contribution is -2.45. The molecule has 1 amide bonds. The van der Waals surface area contributed by atoms with Crippen molar-refractivity contribution in [2.24, 2.45) is 5.92 Å². The fourth-order valence-electron chi connectivity index (χ4n) is 5.80. The highest BCUT2D eigenvalue weighted by atomic mass is 35.5. The number of nitrogens with one attached hydrogen (secondary N) is 3. The lowest BCUT2D eigenvalue weighted by Gasteiger charge is -2.34. The minimum absolute atomic E-state index is 0.0173. The number of hydrogen-bond acceptors (Lipinski definition) is 4. The van der Waals surface area contributed by atoms with Crippen LogP contribution in [0.1, 0.15) is 18.4 Å². The smallest absolute Gasteiger partial charge is 0.272 e. The summed E-state index contributed by atoms with van der Waals surface area (Å²) in [7, 11) is 1.66. The number of carbonyl (C=O) groups is 1. The van der Waals surface area contributed by atoms with Gasteiger partial charge in [0, 0.05) is 58.2 Å². The first-order chi connectivity index (χ1) is 19.5. The van der Waals surface area contributed by atoms with Crippen LogP contribution in [0.15, 0.2) is 77.7 Å². The van der Waals surface area contributed by atoms with Crippen molar-refractivity contribution >= 4 is 45.0 Å². The number of halogens is 1. The Labute approximate surface area is 237 Å². The van der Waals surface area contributed by atoms with Gasteiger partial charge in [-0.25, -0.2) is 0 Å². The van der Waals surface area contributed by atoms with Crippen LogP contribution in [-0.2, 0) is 11.2 Å². The van der Waals surface area contributed by atoms with Crippen molar-refractivity contribution in [1.29, 1.82) is 0 Å². The lowest BCUT2D eigenvalue weighted by molar-refractivity contribution is -0.125. The number of H-pyrrole nitrogens is 2. The van der Waals surface area contributed by atoms with Crippen molar-refractivity contribution in [3.05, 3.63) is 93.9 Å². The predicted molar refractivity (Wildman–Crippen MR) is 162 cm³/mol. The molecule has 1 fully saturated rings. The highest BCUT2D eigenvalue weighted by Crippen LogP contribution is 2.37. The second-order valence-corrected chi connectivity index (χ2v) is 10.7. The molecule has 1 aliphatic rings. The lowest BCUT2D eigenvalue weighted by atomic mass is 9.94. The molecule has 1 aliphatic heterocycles. The molecule has 204 valence electrons. The highest BCUT2D eigenvalue weighted by molar-refractivity contribution is 6.31. The van der Waals surface area contributed by atoms with E-state index < -0.39 is 0 Å². The summed E-state index contributed by atoms with van der Waals surface area (Å²) in [6.45, 7) is 1.71. The molecule has 3 N–H and O–H groups in total. The molecular weight excluding hydrogens is 524 g/mol. The number of aromatic nitrogens is 2. The van der Waals surface area contributed by atoms with E-state index in [4.69, 9.17) is 16.3 Å². The summed E-state index contributed by atoms with van der Waals surface area (Å²) >= 11 is 6.39. The minimum Gasteiger partial charge on any atom is -0.497 e. The van der Waals surface area contributed by atoms with E-state index in [1.54, 1.807) is 13.2 Å². The van der Waals surface area contributed by atoms with Gasteiger partial charge in [-0.3, -0.25) is 9.59 Å². The predicted octanol–water partition coefficient (Wildman–Crippen LogP) is 5.91. The van der Waals surface area contributed by atoms with E-state index in [1.807, 2.05) is 66.9 Å². The maximum Gasteiger partial charge on any atom is 0.272 e. The summed E-state index contributed by atoms with van der Waals surface area (Å²) in [4.78, 5) is 35.2. The maximum atomic E-state index is 13.5. The van der Waals surface area contributed by atoms with Crippen molar-refractivity contribution in [3.63, 3.8) is 0 Å². The van der Waals surface area contributed by atoms with Gasteiger partial charge < -0.3 is 24.9 Å². The Morgan fingerprint density at radius 1 is 1.07 bits per heavy atom. The number of fused-ring (bicyclic) bond motifs is 2. The molecule has 6 rings (SSSR count). The Morgan fingerprint density at radius 2 is 1.90 bits per heavy atom. The number of methoxy groups -OCH3 is 1. The molecule has 0 aliphatic carbocycles. The number of carbonyl (C=O) groups excluding carboxylic acids is 1. The van der Waals surface area contributed by atoms with Gasteiger partial charge in [0.1, 0.15) is 11.4 Å². The zero-order valence-electron chi connectivity index (χ0n) is 22.3. The molecule has 1 saturated heterocycles. The number of nitrogens with zero attached hydrogens (tertiary/aromatic N) is 1. The van der Waals surface area contributed by atoms with Crippen molar-refractivity contribution in [1.82, 2.24) is 15.3 Å². The topological polar surface area (TPSA) is 90.2 Å². The fraction of sp³-hybridized carbons (Fsp3) is 0.250. The first-order valence-electron chi connectivity index (χ1n) is 13.6. The molecule has 0 radical (unpaired) electrons. The van der Waals surface area contributed by atoms with Crippen LogP contribution >= 0.6 is 11.6 Å². The fourth-order valence-corrected chi connectivity index (χ4v) is 5.98. The number of ether oxygens (including phenoxy) is 1. The van der Waals surface area contributed by atoms with Gasteiger partial charge in [-0.1, -0.05) is 41.9 Å². The van der Waals surface area contributed by atoms with E-state index in [9.17, 15) is 9.59 Å². The summed E-state index contributed by atoms with van der Waals surface area (Å²) in [5.74, 6) is 0.610. The number of piperidine rings is 1. The second-order valence-electron chi connectivity index (χ2n) is 10.3. The molecule has 0 spiro atoms. The molecular formula is C32H31ClN4O3. The van der Waals surface area contributed by atoms with Crippen LogP contribution in [0.5, 0.6) is 5.75 Å². The zero-order valence-corrected chi connectivity index (χ0v) is 23.1. The first-order valence-corrected chi connectivity index (χ1v) is 14.0. The van der Waals surface area contributed by atoms with Crippen LogP contribution in [-0.4, -0.2) is 42.6 Å². The van der Waals surface area contributed by atoms with Crippen molar-refractivity contribution < 1.29 is 9.53 Å². The van der Waals surface area contributed by atoms with Crippen LogP contribution in [0.25, 0.3) is 32.9 Å². The van der Waals surface area contributed by atoms with Gasteiger partial charge in [0.25, 0.3) is 5.56 Å². The molecule has 0 saturated carbocycles. The van der Waals surface area contributed by atoms with E-state index in [2.05, 4.69) is 20.2 Å². The largest absolute Gasteiger partial charge is 0.497 e. The molecule has 7 nitrogen and oxygen atoms in total. The minimum atomic E-state index is -0.213. The molecule has 40 heavy (non-hydrogen) atoms. The number of aromatic amines is 2. The van der Waals surface area contributed by atoms with Crippen LogP contribution in [0, 0.1) is 5.92 Å².